The van der Waals surface area contributed by atoms with E-state index >= 15 is 0 Å². The van der Waals surface area contributed by atoms with Crippen molar-refractivity contribution in [2.75, 3.05) is 6.54 Å². The van der Waals surface area contributed by atoms with Gasteiger partial charge in [0.15, 0.2) is 0 Å². The highest BCUT2D eigenvalue weighted by molar-refractivity contribution is 5.84. The van der Waals surface area contributed by atoms with E-state index < -0.39 is 12.0 Å². The van der Waals surface area contributed by atoms with Gasteiger partial charge in [-0.25, -0.2) is 4.79 Å². The largest absolute Gasteiger partial charge is 0.480 e. The number of likely N-dealkylation sites (tertiary alicyclic amines) is 1. The van der Waals surface area contributed by atoms with Gasteiger partial charge >= 0.3 is 5.97 Å². The highest BCUT2D eigenvalue weighted by Crippen LogP contribution is 2.18. The molecule has 1 aliphatic heterocycles. The van der Waals surface area contributed by atoms with E-state index in [9.17, 15) is 19.5 Å². The lowest BCUT2D eigenvalue weighted by molar-refractivity contribution is -0.152. The number of aliphatic carboxylic acids is 1. The molecule has 1 aliphatic rings. The average molecular weight is 329 g/mol. The number of para-hydroxylation sites is 1. The number of piperidine rings is 1. The number of rotatable bonds is 4. The Labute approximate surface area is 138 Å². The first-order valence-electron chi connectivity index (χ1n) is 8.05. The van der Waals surface area contributed by atoms with Gasteiger partial charge in [0.05, 0.1) is 18.3 Å². The van der Waals surface area contributed by atoms with Crippen molar-refractivity contribution in [3.05, 3.63) is 40.7 Å². The summed E-state index contributed by atoms with van der Waals surface area (Å²) in [7, 11) is 0. The smallest absolute Gasteiger partial charge is 0.326 e. The number of fused-ring (bicyclic) bond motifs is 1. The van der Waals surface area contributed by atoms with Crippen LogP contribution in [-0.4, -0.2) is 44.3 Å². The van der Waals surface area contributed by atoms with Crippen molar-refractivity contribution in [1.29, 1.82) is 0 Å². The van der Waals surface area contributed by atoms with E-state index in [1.165, 1.54) is 11.1 Å². The average Bonchev–Trinajstić information content (AvgIpc) is 2.61. The van der Waals surface area contributed by atoms with Crippen LogP contribution in [0.3, 0.4) is 0 Å². The summed E-state index contributed by atoms with van der Waals surface area (Å²) in [5, 5.41) is 13.9. The first-order valence-corrected chi connectivity index (χ1v) is 8.05. The van der Waals surface area contributed by atoms with Gasteiger partial charge in [-0.2, -0.15) is 5.10 Å². The summed E-state index contributed by atoms with van der Waals surface area (Å²) in [5.74, 6) is -1.14. The summed E-state index contributed by atoms with van der Waals surface area (Å²) in [6, 6.07) is 6.37. The first-order chi connectivity index (χ1) is 11.6. The molecule has 7 heteroatoms. The van der Waals surface area contributed by atoms with Crippen molar-refractivity contribution in [1.82, 2.24) is 14.7 Å². The molecule has 1 fully saturated rings. The highest BCUT2D eigenvalue weighted by atomic mass is 16.4. The molecule has 0 bridgehead atoms. The highest BCUT2D eigenvalue weighted by Gasteiger charge is 2.31. The van der Waals surface area contributed by atoms with Crippen molar-refractivity contribution < 1.29 is 14.7 Å². The molecule has 1 aromatic carbocycles. The number of carbonyl (C=O) groups is 2. The van der Waals surface area contributed by atoms with Crippen LogP contribution in [-0.2, 0) is 16.1 Å². The molecule has 1 amide bonds. The molecule has 3 rings (SSSR count). The number of carbonyl (C=O) groups excluding carboxylic acids is 1. The van der Waals surface area contributed by atoms with Crippen molar-refractivity contribution in [3.8, 4) is 0 Å². The molecule has 0 unspecified atom stereocenters. The van der Waals surface area contributed by atoms with Crippen LogP contribution in [0.25, 0.3) is 10.9 Å². The fourth-order valence-corrected chi connectivity index (χ4v) is 3.17. The number of carboxylic acid groups (broad SMARTS) is 1. The minimum absolute atomic E-state index is 0.156. The van der Waals surface area contributed by atoms with Gasteiger partial charge in [-0.05, 0) is 31.4 Å². The third kappa shape index (κ3) is 3.15. The van der Waals surface area contributed by atoms with Crippen LogP contribution in [0.2, 0.25) is 0 Å². The summed E-state index contributed by atoms with van der Waals surface area (Å²) in [5.41, 5.74) is 0.515. The zero-order valence-electron chi connectivity index (χ0n) is 13.2. The van der Waals surface area contributed by atoms with Crippen molar-refractivity contribution >= 4 is 22.8 Å². The predicted octanol–water partition coefficient (Wildman–Crippen LogP) is 1.25. The Morgan fingerprint density at radius 1 is 1.25 bits per heavy atom. The molecule has 0 spiro atoms. The van der Waals surface area contributed by atoms with E-state index in [0.29, 0.717) is 30.4 Å². The number of hydrogen-bond donors (Lipinski definition) is 1. The third-order valence-corrected chi connectivity index (χ3v) is 4.41. The number of carboxylic acids is 1. The van der Waals surface area contributed by atoms with Gasteiger partial charge in [0.25, 0.3) is 0 Å². The van der Waals surface area contributed by atoms with Gasteiger partial charge in [0.2, 0.25) is 11.3 Å². The number of nitrogens with zero attached hydrogens (tertiary/aromatic N) is 3. The lowest BCUT2D eigenvalue weighted by atomic mass is 10.0. The van der Waals surface area contributed by atoms with Crippen LogP contribution in [0.5, 0.6) is 0 Å². The van der Waals surface area contributed by atoms with Crippen LogP contribution in [0.4, 0.5) is 0 Å². The van der Waals surface area contributed by atoms with Crippen LogP contribution in [0, 0.1) is 0 Å². The van der Waals surface area contributed by atoms with E-state index in [0.717, 1.165) is 12.8 Å². The number of aryl methyl sites for hydroxylation is 1. The molecular weight excluding hydrogens is 310 g/mol. The maximum Gasteiger partial charge on any atom is 0.326 e. The fraction of sp³-hybridized carbons (Fsp3) is 0.412. The van der Waals surface area contributed by atoms with Crippen molar-refractivity contribution in [3.63, 3.8) is 0 Å². The summed E-state index contributed by atoms with van der Waals surface area (Å²) < 4.78 is 1.62. The number of aromatic nitrogens is 2. The Kier molecular flexibility index (Phi) is 4.59. The van der Waals surface area contributed by atoms with Crippen molar-refractivity contribution in [2.45, 2.75) is 38.3 Å². The van der Waals surface area contributed by atoms with Gasteiger partial charge in [-0.15, -0.1) is 0 Å². The molecule has 2 heterocycles. The molecule has 2 aromatic rings. The lowest BCUT2D eigenvalue weighted by Crippen LogP contribution is -2.48. The topological polar surface area (TPSA) is 92.5 Å². The Morgan fingerprint density at radius 2 is 2.04 bits per heavy atom. The molecule has 0 aliphatic carbocycles. The van der Waals surface area contributed by atoms with E-state index in [4.69, 9.17) is 0 Å². The second kappa shape index (κ2) is 6.82. The van der Waals surface area contributed by atoms with Gasteiger partial charge in [-0.1, -0.05) is 12.1 Å². The number of hydrogen-bond acceptors (Lipinski definition) is 4. The third-order valence-electron chi connectivity index (χ3n) is 4.41. The summed E-state index contributed by atoms with van der Waals surface area (Å²) in [4.78, 5) is 37.0. The quantitative estimate of drug-likeness (QED) is 0.911. The Balaban J connectivity index is 1.76. The Hall–Kier alpha value is -2.70. The van der Waals surface area contributed by atoms with E-state index in [1.807, 2.05) is 6.07 Å². The first kappa shape index (κ1) is 16.2. The van der Waals surface area contributed by atoms with Crippen LogP contribution < -0.4 is 5.43 Å². The molecule has 1 aromatic heterocycles. The maximum atomic E-state index is 12.4. The summed E-state index contributed by atoms with van der Waals surface area (Å²) in [6.45, 7) is 0.788. The zero-order valence-corrected chi connectivity index (χ0v) is 13.2. The Morgan fingerprint density at radius 3 is 2.83 bits per heavy atom. The number of amides is 1. The molecule has 126 valence electrons. The SMILES string of the molecule is O=C(O)[C@H]1CCCCN1C(=O)CCn1ncc(=O)c2ccccc21. The molecule has 1 atom stereocenters. The normalized spacial score (nSPS) is 17.8. The summed E-state index contributed by atoms with van der Waals surface area (Å²) >= 11 is 0. The molecule has 0 saturated carbocycles. The van der Waals surface area contributed by atoms with Crippen LogP contribution >= 0.6 is 0 Å². The zero-order chi connectivity index (χ0) is 17.1. The molecule has 1 saturated heterocycles. The van der Waals surface area contributed by atoms with Gasteiger partial charge in [0.1, 0.15) is 6.04 Å². The second-order valence-corrected chi connectivity index (χ2v) is 5.94. The van der Waals surface area contributed by atoms with Crippen LogP contribution in [0.15, 0.2) is 35.3 Å². The Bertz CT molecular complexity index is 830. The maximum absolute atomic E-state index is 12.4. The number of benzene rings is 1. The standard InChI is InChI=1S/C17H19N3O4/c21-15-11-18-20(13-6-2-1-5-12(13)15)10-8-16(22)19-9-4-3-7-14(19)17(23)24/h1-2,5-6,11,14H,3-4,7-10H2,(H,23,24)/t14-/m1/s1. The van der Waals surface area contributed by atoms with E-state index in [-0.39, 0.29) is 17.8 Å². The minimum Gasteiger partial charge on any atom is -0.480 e. The van der Waals surface area contributed by atoms with Gasteiger partial charge in [-0.3, -0.25) is 14.3 Å². The van der Waals surface area contributed by atoms with Gasteiger partial charge < -0.3 is 10.0 Å². The minimum atomic E-state index is -0.949. The van der Waals surface area contributed by atoms with E-state index in [2.05, 4.69) is 5.10 Å². The van der Waals surface area contributed by atoms with E-state index in [1.54, 1.807) is 22.9 Å². The van der Waals surface area contributed by atoms with Crippen LogP contribution in [0.1, 0.15) is 25.7 Å². The molecule has 24 heavy (non-hydrogen) atoms. The second-order valence-electron chi connectivity index (χ2n) is 5.94. The van der Waals surface area contributed by atoms with Crippen molar-refractivity contribution in [2.24, 2.45) is 0 Å². The molecule has 1 N–H and O–H groups in total. The van der Waals surface area contributed by atoms with Gasteiger partial charge in [0, 0.05) is 18.4 Å². The molecule has 0 radical (unpaired) electrons. The molecule has 7 nitrogen and oxygen atoms in total. The summed E-state index contributed by atoms with van der Waals surface area (Å²) in [6.07, 6.45) is 3.55. The fourth-order valence-electron chi connectivity index (χ4n) is 3.17. The lowest BCUT2D eigenvalue weighted by Gasteiger charge is -2.33. The molecular formula is C17H19N3O4. The predicted molar refractivity (Wildman–Crippen MR) is 87.6 cm³/mol. The monoisotopic (exact) mass is 329 g/mol.